The summed E-state index contributed by atoms with van der Waals surface area (Å²) in [6.07, 6.45) is 1.72. The third-order valence-electron chi connectivity index (χ3n) is 4.38. The Hall–Kier alpha value is -2.40. The average Bonchev–Trinajstić information content (AvgIpc) is 3.00. The minimum absolute atomic E-state index is 0.370. The van der Waals surface area contributed by atoms with Gasteiger partial charge in [-0.15, -0.1) is 0 Å². The monoisotopic (exact) mass is 328 g/mol. The number of amides is 1. The number of hydrogen-bond donors (Lipinski definition) is 1. The number of hydrogen-bond acceptors (Lipinski definition) is 3. The molecule has 1 aliphatic rings. The number of likely N-dealkylation sites (N-methyl/N-ethyl adjacent to an activating group) is 1. The summed E-state index contributed by atoms with van der Waals surface area (Å²) in [5, 5.41) is 0. The number of benzene rings is 2. The first-order valence-electron chi connectivity index (χ1n) is 8.04. The highest BCUT2D eigenvalue weighted by molar-refractivity contribution is 5.81. The molecule has 5 heteroatoms. The normalized spacial score (nSPS) is 14.3. The van der Waals surface area contributed by atoms with Gasteiger partial charge in [0.25, 0.3) is 0 Å². The van der Waals surface area contributed by atoms with Gasteiger partial charge in [0.15, 0.2) is 0 Å². The van der Waals surface area contributed by atoms with Crippen LogP contribution in [0.15, 0.2) is 42.5 Å². The number of rotatable bonds is 6. The van der Waals surface area contributed by atoms with Crippen LogP contribution >= 0.6 is 0 Å². The van der Waals surface area contributed by atoms with Gasteiger partial charge in [0, 0.05) is 13.0 Å². The summed E-state index contributed by atoms with van der Waals surface area (Å²) in [4.78, 5) is 13.7. The molecule has 1 amide bonds. The molecule has 0 aromatic heterocycles. The van der Waals surface area contributed by atoms with E-state index in [-0.39, 0.29) is 5.82 Å². The highest BCUT2D eigenvalue weighted by Crippen LogP contribution is 2.26. The molecule has 0 saturated heterocycles. The summed E-state index contributed by atoms with van der Waals surface area (Å²) in [6, 6.07) is 11.6. The van der Waals surface area contributed by atoms with E-state index in [4.69, 9.17) is 10.5 Å². The van der Waals surface area contributed by atoms with E-state index >= 15 is 0 Å². The van der Waals surface area contributed by atoms with E-state index in [0.717, 1.165) is 25.2 Å². The average molecular weight is 328 g/mol. The number of ether oxygens (including phenoxy) is 1. The molecule has 0 bridgehead atoms. The molecule has 0 spiro atoms. The van der Waals surface area contributed by atoms with Crippen LogP contribution < -0.4 is 10.5 Å². The minimum Gasteiger partial charge on any atom is -0.493 e. The third kappa shape index (κ3) is 3.57. The number of fused-ring (bicyclic) bond motifs is 1. The van der Waals surface area contributed by atoms with Gasteiger partial charge in [0.2, 0.25) is 5.91 Å². The van der Waals surface area contributed by atoms with Crippen molar-refractivity contribution in [2.75, 3.05) is 20.2 Å². The van der Waals surface area contributed by atoms with E-state index in [9.17, 15) is 9.18 Å². The molecular formula is C19H21FN2O2. The van der Waals surface area contributed by atoms with Crippen LogP contribution in [0.2, 0.25) is 0 Å². The van der Waals surface area contributed by atoms with Crippen molar-refractivity contribution < 1.29 is 13.9 Å². The van der Waals surface area contributed by atoms with E-state index in [2.05, 4.69) is 6.07 Å². The first kappa shape index (κ1) is 16.5. The standard InChI is InChI=1S/C19H21FN2O2/c1-22(18(19(21)23)15-3-2-4-16(20)12-15)9-7-13-5-6-17-14(11-13)8-10-24-17/h2-6,11-12,18H,7-10H2,1H3,(H2,21,23). The van der Waals surface area contributed by atoms with Gasteiger partial charge in [0.05, 0.1) is 6.61 Å². The first-order chi connectivity index (χ1) is 11.5. The maximum absolute atomic E-state index is 13.4. The Balaban J connectivity index is 1.70. The van der Waals surface area contributed by atoms with Crippen molar-refractivity contribution in [3.63, 3.8) is 0 Å². The molecule has 126 valence electrons. The fourth-order valence-electron chi connectivity index (χ4n) is 3.14. The molecule has 24 heavy (non-hydrogen) atoms. The molecule has 4 nitrogen and oxygen atoms in total. The summed E-state index contributed by atoms with van der Waals surface area (Å²) in [7, 11) is 1.83. The van der Waals surface area contributed by atoms with Gasteiger partial charge >= 0.3 is 0 Å². The van der Waals surface area contributed by atoms with Gasteiger partial charge in [-0.2, -0.15) is 0 Å². The second-order valence-corrected chi connectivity index (χ2v) is 6.13. The molecule has 2 aromatic rings. The smallest absolute Gasteiger partial charge is 0.239 e. The van der Waals surface area contributed by atoms with Gasteiger partial charge < -0.3 is 10.5 Å². The number of carbonyl (C=O) groups excluding carboxylic acids is 1. The van der Waals surface area contributed by atoms with Crippen molar-refractivity contribution in [1.82, 2.24) is 4.90 Å². The number of halogens is 1. The molecule has 2 N–H and O–H groups in total. The molecular weight excluding hydrogens is 307 g/mol. The van der Waals surface area contributed by atoms with Gasteiger partial charge in [-0.3, -0.25) is 9.69 Å². The zero-order chi connectivity index (χ0) is 17.1. The predicted molar refractivity (Wildman–Crippen MR) is 90.3 cm³/mol. The van der Waals surface area contributed by atoms with Gasteiger partial charge in [-0.1, -0.05) is 24.3 Å². The zero-order valence-electron chi connectivity index (χ0n) is 13.7. The number of primary amides is 1. The Bertz CT molecular complexity index is 748. The molecule has 1 aliphatic heterocycles. The Morgan fingerprint density at radius 3 is 2.92 bits per heavy atom. The topological polar surface area (TPSA) is 55.6 Å². The molecule has 0 radical (unpaired) electrons. The third-order valence-corrected chi connectivity index (χ3v) is 4.38. The molecule has 1 heterocycles. The molecule has 2 aromatic carbocycles. The first-order valence-corrected chi connectivity index (χ1v) is 8.04. The Labute approximate surface area is 141 Å². The van der Waals surface area contributed by atoms with Crippen molar-refractivity contribution in [3.8, 4) is 5.75 Å². The Morgan fingerprint density at radius 2 is 2.17 bits per heavy atom. The van der Waals surface area contributed by atoms with E-state index in [1.54, 1.807) is 12.1 Å². The molecule has 3 rings (SSSR count). The summed E-state index contributed by atoms with van der Waals surface area (Å²) < 4.78 is 19.0. The van der Waals surface area contributed by atoms with Crippen LogP contribution in [0.25, 0.3) is 0 Å². The van der Waals surface area contributed by atoms with Crippen molar-refractivity contribution in [3.05, 3.63) is 65.0 Å². The Kier molecular flexibility index (Phi) is 4.81. The Morgan fingerprint density at radius 1 is 1.33 bits per heavy atom. The second-order valence-electron chi connectivity index (χ2n) is 6.13. The summed E-state index contributed by atoms with van der Waals surface area (Å²) in [5.41, 5.74) is 8.54. The SMILES string of the molecule is CN(CCc1ccc2c(c1)CCO2)C(C(N)=O)c1cccc(F)c1. The molecule has 1 unspecified atom stereocenters. The van der Waals surface area contributed by atoms with E-state index in [1.807, 2.05) is 24.1 Å². The number of nitrogens with zero attached hydrogens (tertiary/aromatic N) is 1. The van der Waals surface area contributed by atoms with E-state index in [0.29, 0.717) is 12.1 Å². The summed E-state index contributed by atoms with van der Waals surface area (Å²) >= 11 is 0. The molecule has 0 saturated carbocycles. The maximum atomic E-state index is 13.4. The van der Waals surface area contributed by atoms with Crippen LogP contribution in [0, 0.1) is 5.82 Å². The lowest BCUT2D eigenvalue weighted by atomic mass is 10.0. The summed E-state index contributed by atoms with van der Waals surface area (Å²) in [5.74, 6) is 0.109. The molecule has 1 atom stereocenters. The number of carbonyl (C=O) groups is 1. The molecule has 0 fully saturated rings. The van der Waals surface area contributed by atoms with Crippen LogP contribution in [-0.2, 0) is 17.6 Å². The molecule has 0 aliphatic carbocycles. The van der Waals surface area contributed by atoms with Gasteiger partial charge in [0.1, 0.15) is 17.6 Å². The van der Waals surface area contributed by atoms with Crippen LogP contribution in [0.1, 0.15) is 22.7 Å². The van der Waals surface area contributed by atoms with Gasteiger partial charge in [-0.25, -0.2) is 4.39 Å². The lowest BCUT2D eigenvalue weighted by molar-refractivity contribution is -0.123. The fourth-order valence-corrected chi connectivity index (χ4v) is 3.14. The van der Waals surface area contributed by atoms with Crippen LogP contribution in [0.5, 0.6) is 5.75 Å². The fraction of sp³-hybridized carbons (Fsp3) is 0.316. The maximum Gasteiger partial charge on any atom is 0.239 e. The van der Waals surface area contributed by atoms with Crippen LogP contribution in [-0.4, -0.2) is 31.0 Å². The highest BCUT2D eigenvalue weighted by atomic mass is 19.1. The van der Waals surface area contributed by atoms with Crippen molar-refractivity contribution in [2.24, 2.45) is 5.73 Å². The zero-order valence-corrected chi connectivity index (χ0v) is 13.7. The van der Waals surface area contributed by atoms with E-state index < -0.39 is 11.9 Å². The van der Waals surface area contributed by atoms with Crippen molar-refractivity contribution in [1.29, 1.82) is 0 Å². The highest BCUT2D eigenvalue weighted by Gasteiger charge is 2.23. The second kappa shape index (κ2) is 7.01. The van der Waals surface area contributed by atoms with E-state index in [1.165, 1.54) is 23.3 Å². The predicted octanol–water partition coefficient (Wildman–Crippen LogP) is 2.46. The van der Waals surface area contributed by atoms with Crippen LogP contribution in [0.4, 0.5) is 4.39 Å². The van der Waals surface area contributed by atoms with Gasteiger partial charge in [-0.05, 0) is 48.4 Å². The van der Waals surface area contributed by atoms with Crippen molar-refractivity contribution in [2.45, 2.75) is 18.9 Å². The largest absolute Gasteiger partial charge is 0.493 e. The number of nitrogens with two attached hydrogens (primary N) is 1. The quantitative estimate of drug-likeness (QED) is 0.886. The van der Waals surface area contributed by atoms with Crippen molar-refractivity contribution >= 4 is 5.91 Å². The minimum atomic E-state index is -0.640. The van der Waals surface area contributed by atoms with Crippen LogP contribution in [0.3, 0.4) is 0 Å². The summed E-state index contributed by atoms with van der Waals surface area (Å²) in [6.45, 7) is 1.38. The lowest BCUT2D eigenvalue weighted by Crippen LogP contribution is -2.36. The lowest BCUT2D eigenvalue weighted by Gasteiger charge is -2.26.